The highest BCUT2D eigenvalue weighted by molar-refractivity contribution is 7.91. The van der Waals surface area contributed by atoms with Crippen molar-refractivity contribution in [2.75, 3.05) is 0 Å². The van der Waals surface area contributed by atoms with Crippen LogP contribution in [0.15, 0.2) is 4.40 Å². The molecule has 0 heterocycles. The Hall–Kier alpha value is -1.92. The third-order valence-corrected chi connectivity index (χ3v) is 2.91. The number of hydrogen-bond acceptors (Lipinski definition) is 3. The summed E-state index contributed by atoms with van der Waals surface area (Å²) >= 11 is 0. The number of nitrogens with zero attached hydrogens (tertiary/aromatic N) is 1. The van der Waals surface area contributed by atoms with Crippen molar-refractivity contribution in [3.63, 3.8) is 0 Å². The second kappa shape index (κ2) is 5.13. The van der Waals surface area contributed by atoms with Gasteiger partial charge in [0.2, 0.25) is 5.82 Å². The average molecular weight is 342 g/mol. The van der Waals surface area contributed by atoms with Crippen LogP contribution in [0.4, 0.5) is 35.1 Å². The molecule has 0 aliphatic heterocycles. The van der Waals surface area contributed by atoms with Gasteiger partial charge in [-0.05, 0) is 0 Å². The third kappa shape index (κ3) is 2.91. The molecule has 0 bridgehead atoms. The van der Waals surface area contributed by atoms with Crippen LogP contribution >= 0.6 is 0 Å². The number of benzene rings is 1. The standard InChI is InChI=1S/C8HF8NO3S/c9-2-1(3(10)5(12)6(13)4(2)11)7(18)17-21(19,20)8(14,15)16/h(H,17,18)/p-1. The van der Waals surface area contributed by atoms with Crippen molar-refractivity contribution in [1.82, 2.24) is 0 Å². The topological polar surface area (TPSA) is 69.6 Å². The molecule has 0 aliphatic carbocycles. The average Bonchev–Trinajstić information content (AvgIpc) is 2.32. The normalized spacial score (nSPS) is 13.6. The van der Waals surface area contributed by atoms with E-state index in [1.807, 2.05) is 0 Å². The zero-order chi connectivity index (χ0) is 16.7. The van der Waals surface area contributed by atoms with E-state index < -0.39 is 56.1 Å². The van der Waals surface area contributed by atoms with E-state index >= 15 is 0 Å². The van der Waals surface area contributed by atoms with Crippen LogP contribution in [0.3, 0.4) is 0 Å². The van der Waals surface area contributed by atoms with E-state index in [1.54, 1.807) is 0 Å². The smallest absolute Gasteiger partial charge is 0.518 e. The number of rotatable bonds is 2. The minimum absolute atomic E-state index is 1.46. The molecule has 0 N–H and O–H groups in total. The van der Waals surface area contributed by atoms with Crippen molar-refractivity contribution in [3.8, 4) is 0 Å². The lowest BCUT2D eigenvalue weighted by Crippen LogP contribution is -2.29. The molecule has 118 valence electrons. The first kappa shape index (κ1) is 17.1. The number of alkyl halides is 3. The maximum Gasteiger partial charge on any atom is 0.518 e. The van der Waals surface area contributed by atoms with Crippen LogP contribution in [-0.2, 0) is 10.0 Å². The van der Waals surface area contributed by atoms with Gasteiger partial charge in [-0.25, -0.2) is 22.0 Å². The molecular weight excluding hydrogens is 342 g/mol. The van der Waals surface area contributed by atoms with E-state index in [0.29, 0.717) is 0 Å². The fraction of sp³-hybridized carbons (Fsp3) is 0.125. The lowest BCUT2D eigenvalue weighted by atomic mass is 10.1. The predicted octanol–water partition coefficient (Wildman–Crippen LogP) is 1.34. The molecule has 1 aromatic rings. The van der Waals surface area contributed by atoms with Gasteiger partial charge in [0.05, 0.1) is 5.56 Å². The van der Waals surface area contributed by atoms with Gasteiger partial charge in [0.1, 0.15) is 0 Å². The Morgan fingerprint density at radius 3 is 1.52 bits per heavy atom. The van der Waals surface area contributed by atoms with Gasteiger partial charge >= 0.3 is 15.5 Å². The molecule has 0 amide bonds. The van der Waals surface area contributed by atoms with Crippen LogP contribution in [0.1, 0.15) is 5.56 Å². The summed E-state index contributed by atoms with van der Waals surface area (Å²) in [6, 6.07) is 0. The van der Waals surface area contributed by atoms with Crippen LogP contribution < -0.4 is 5.11 Å². The van der Waals surface area contributed by atoms with E-state index in [0.717, 1.165) is 0 Å². The van der Waals surface area contributed by atoms with Gasteiger partial charge in [-0.1, -0.05) is 0 Å². The molecule has 4 nitrogen and oxygen atoms in total. The van der Waals surface area contributed by atoms with Gasteiger partial charge in [-0.3, -0.25) is 0 Å². The van der Waals surface area contributed by atoms with Gasteiger partial charge < -0.3 is 5.11 Å². The monoisotopic (exact) mass is 342 g/mol. The van der Waals surface area contributed by atoms with Gasteiger partial charge in [-0.15, -0.1) is 0 Å². The molecule has 0 spiro atoms. The van der Waals surface area contributed by atoms with Crippen LogP contribution in [0.2, 0.25) is 0 Å². The third-order valence-electron chi connectivity index (χ3n) is 1.92. The predicted molar refractivity (Wildman–Crippen MR) is 47.7 cm³/mol. The fourth-order valence-electron chi connectivity index (χ4n) is 0.999. The SMILES string of the molecule is O=S(=O)(/N=C(\[O-])c1c(F)c(F)c(F)c(F)c1F)C(F)(F)F. The summed E-state index contributed by atoms with van der Waals surface area (Å²) in [6.45, 7) is 0. The second-order valence-electron chi connectivity index (χ2n) is 3.26. The van der Waals surface area contributed by atoms with Gasteiger partial charge in [0.15, 0.2) is 23.3 Å². The molecule has 0 saturated carbocycles. The molecule has 0 radical (unpaired) electrons. The van der Waals surface area contributed by atoms with Crippen molar-refractivity contribution >= 4 is 15.9 Å². The molecule has 0 aromatic heterocycles. The molecule has 1 rings (SSSR count). The highest BCUT2D eigenvalue weighted by Gasteiger charge is 2.46. The Bertz CT molecular complexity index is 695. The maximum atomic E-state index is 13.0. The summed E-state index contributed by atoms with van der Waals surface area (Å²) in [5.41, 5.74) is -8.51. The Balaban J connectivity index is 3.64. The minimum atomic E-state index is -6.51. The molecule has 1 aromatic carbocycles. The van der Waals surface area contributed by atoms with E-state index in [1.165, 1.54) is 4.40 Å². The van der Waals surface area contributed by atoms with E-state index in [9.17, 15) is 48.6 Å². The summed E-state index contributed by atoms with van der Waals surface area (Å²) < 4.78 is 122. The Morgan fingerprint density at radius 2 is 1.19 bits per heavy atom. The Morgan fingerprint density at radius 1 is 0.857 bits per heavy atom. The van der Waals surface area contributed by atoms with Crippen molar-refractivity contribution < 1.29 is 48.6 Å². The summed E-state index contributed by atoms with van der Waals surface area (Å²) in [6.07, 6.45) is 0. The number of halogens is 8. The van der Waals surface area contributed by atoms with E-state index in [4.69, 9.17) is 0 Å². The molecule has 0 saturated heterocycles. The van der Waals surface area contributed by atoms with E-state index in [2.05, 4.69) is 0 Å². The Labute approximate surface area is 110 Å². The highest BCUT2D eigenvalue weighted by atomic mass is 32.2. The molecule has 21 heavy (non-hydrogen) atoms. The number of sulfonamides is 1. The maximum absolute atomic E-state index is 13.0. The zero-order valence-electron chi connectivity index (χ0n) is 9.10. The van der Waals surface area contributed by atoms with Crippen LogP contribution in [-0.4, -0.2) is 19.8 Å². The van der Waals surface area contributed by atoms with Crippen molar-refractivity contribution in [2.45, 2.75) is 5.51 Å². The first-order valence-electron chi connectivity index (χ1n) is 4.41. The Kier molecular flexibility index (Phi) is 4.18. The molecular formula is C8F8NO3S-. The highest BCUT2D eigenvalue weighted by Crippen LogP contribution is 2.27. The molecule has 13 heteroatoms. The largest absolute Gasteiger partial charge is 0.857 e. The lowest BCUT2D eigenvalue weighted by Gasteiger charge is -2.14. The van der Waals surface area contributed by atoms with E-state index in [-0.39, 0.29) is 0 Å². The fourth-order valence-corrected chi connectivity index (χ4v) is 1.41. The van der Waals surface area contributed by atoms with Gasteiger partial charge in [-0.2, -0.15) is 26.0 Å². The summed E-state index contributed by atoms with van der Waals surface area (Å²) in [5, 5.41) is 11.0. The minimum Gasteiger partial charge on any atom is -0.857 e. The van der Waals surface area contributed by atoms with Gasteiger partial charge in [0.25, 0.3) is 0 Å². The first-order chi connectivity index (χ1) is 9.31. The molecule has 0 fully saturated rings. The van der Waals surface area contributed by atoms with Crippen LogP contribution in [0.25, 0.3) is 0 Å². The van der Waals surface area contributed by atoms with Crippen molar-refractivity contribution in [1.29, 1.82) is 0 Å². The quantitative estimate of drug-likeness (QED) is 0.268. The molecule has 0 aliphatic rings. The molecule has 0 atom stereocenters. The van der Waals surface area contributed by atoms with Gasteiger partial charge in [0, 0.05) is 5.90 Å². The number of hydrogen-bond donors (Lipinski definition) is 0. The zero-order valence-corrected chi connectivity index (χ0v) is 9.92. The van der Waals surface area contributed by atoms with Crippen molar-refractivity contribution in [2.24, 2.45) is 4.40 Å². The first-order valence-corrected chi connectivity index (χ1v) is 5.85. The second-order valence-corrected chi connectivity index (χ2v) is 4.86. The van der Waals surface area contributed by atoms with Crippen LogP contribution in [0, 0.1) is 29.1 Å². The summed E-state index contributed by atoms with van der Waals surface area (Å²) in [5.74, 6) is -16.4. The lowest BCUT2D eigenvalue weighted by molar-refractivity contribution is -0.213. The van der Waals surface area contributed by atoms with Crippen molar-refractivity contribution in [3.05, 3.63) is 34.6 Å². The molecule has 0 unspecified atom stereocenters. The van der Waals surface area contributed by atoms with Crippen LogP contribution in [0.5, 0.6) is 0 Å². The summed E-state index contributed by atoms with van der Waals surface area (Å²) in [4.78, 5) is 0. The summed E-state index contributed by atoms with van der Waals surface area (Å²) in [7, 11) is -6.51.